The molecule has 106 valence electrons. The van der Waals surface area contributed by atoms with Gasteiger partial charge in [-0.2, -0.15) is 0 Å². The third kappa shape index (κ3) is 3.68. The molecule has 6 nitrogen and oxygen atoms in total. The lowest BCUT2D eigenvalue weighted by Gasteiger charge is -2.59. The van der Waals surface area contributed by atoms with Gasteiger partial charge in [-0.25, -0.2) is 0 Å². The number of carbonyl (C=O) groups is 2. The number of aliphatic carboxylic acids is 2. The Kier molecular flexibility index (Phi) is 5.31. The maximum absolute atomic E-state index is 9.64. The fraction of sp³-hybridized carbons (Fsp3) is 0.833. The maximum atomic E-state index is 9.64. The molecule has 0 amide bonds. The molecule has 0 bridgehead atoms. The summed E-state index contributed by atoms with van der Waals surface area (Å²) in [4.78, 5) is 19.3. The monoisotopic (exact) mass is 262 g/mol. The van der Waals surface area contributed by atoms with Crippen molar-refractivity contribution in [3.05, 3.63) is 0 Å². The van der Waals surface area contributed by atoms with Gasteiger partial charge in [0.05, 0.1) is 25.0 Å². The molecule has 0 aliphatic heterocycles. The standard InChI is InChI=1S/C8H16O2.C4H6O4/c1-7(2)5(9)8(3,4)6(7)10;5-3(6)1-2-4(7)8/h5-6,9-10H,1-4H3;1-2H2,(H,5,6)(H,7,8). The Labute approximate surface area is 106 Å². The highest BCUT2D eigenvalue weighted by atomic mass is 16.4. The van der Waals surface area contributed by atoms with Crippen molar-refractivity contribution in [2.45, 2.75) is 52.7 Å². The van der Waals surface area contributed by atoms with Crippen molar-refractivity contribution in [3.63, 3.8) is 0 Å². The van der Waals surface area contributed by atoms with Gasteiger partial charge in [0.25, 0.3) is 0 Å². The molecule has 4 N–H and O–H groups in total. The summed E-state index contributed by atoms with van der Waals surface area (Å²) in [5.74, 6) is -2.15. The van der Waals surface area contributed by atoms with Crippen LogP contribution in [0.15, 0.2) is 0 Å². The molecule has 18 heavy (non-hydrogen) atoms. The van der Waals surface area contributed by atoms with Crippen LogP contribution in [0.5, 0.6) is 0 Å². The predicted octanol–water partition coefficient (Wildman–Crippen LogP) is 0.710. The first-order valence-corrected chi connectivity index (χ1v) is 5.73. The zero-order chi connectivity index (χ0) is 14.7. The molecule has 0 saturated heterocycles. The highest BCUT2D eigenvalue weighted by molar-refractivity contribution is 5.75. The van der Waals surface area contributed by atoms with E-state index in [0.717, 1.165) is 0 Å². The third-order valence-electron chi connectivity index (χ3n) is 3.37. The summed E-state index contributed by atoms with van der Waals surface area (Å²) >= 11 is 0. The Morgan fingerprint density at radius 2 is 1.06 bits per heavy atom. The number of hydrogen-bond acceptors (Lipinski definition) is 4. The minimum Gasteiger partial charge on any atom is -0.481 e. The van der Waals surface area contributed by atoms with Gasteiger partial charge in [0.1, 0.15) is 0 Å². The van der Waals surface area contributed by atoms with Crippen LogP contribution in [0.4, 0.5) is 0 Å². The molecule has 0 spiro atoms. The highest BCUT2D eigenvalue weighted by Gasteiger charge is 2.60. The van der Waals surface area contributed by atoms with Crippen LogP contribution in [0.3, 0.4) is 0 Å². The van der Waals surface area contributed by atoms with Crippen LogP contribution in [-0.2, 0) is 9.59 Å². The van der Waals surface area contributed by atoms with Crippen molar-refractivity contribution in [1.82, 2.24) is 0 Å². The molecule has 1 saturated carbocycles. The lowest BCUT2D eigenvalue weighted by atomic mass is 9.51. The summed E-state index contributed by atoms with van der Waals surface area (Å²) in [6.45, 7) is 7.53. The molecule has 6 heteroatoms. The van der Waals surface area contributed by atoms with Crippen molar-refractivity contribution < 1.29 is 30.0 Å². The van der Waals surface area contributed by atoms with Crippen LogP contribution in [-0.4, -0.2) is 44.6 Å². The molecular weight excluding hydrogens is 240 g/mol. The SMILES string of the molecule is CC1(C)C(O)C(C)(C)C1O.O=C(O)CCC(=O)O. The van der Waals surface area contributed by atoms with E-state index in [0.29, 0.717) is 0 Å². The van der Waals surface area contributed by atoms with Gasteiger partial charge < -0.3 is 20.4 Å². The van der Waals surface area contributed by atoms with Crippen LogP contribution in [0.2, 0.25) is 0 Å². The van der Waals surface area contributed by atoms with Gasteiger partial charge in [-0.15, -0.1) is 0 Å². The maximum Gasteiger partial charge on any atom is 0.303 e. The van der Waals surface area contributed by atoms with Crippen LogP contribution in [0.25, 0.3) is 0 Å². The molecule has 0 radical (unpaired) electrons. The van der Waals surface area contributed by atoms with Crippen molar-refractivity contribution in [2.75, 3.05) is 0 Å². The minimum atomic E-state index is -1.08. The second-order valence-electron chi connectivity index (χ2n) is 5.74. The van der Waals surface area contributed by atoms with Gasteiger partial charge in [0.15, 0.2) is 0 Å². The molecule has 1 aliphatic carbocycles. The fourth-order valence-electron chi connectivity index (χ4n) is 2.33. The van der Waals surface area contributed by atoms with Gasteiger partial charge in [-0.05, 0) is 0 Å². The van der Waals surface area contributed by atoms with E-state index >= 15 is 0 Å². The number of rotatable bonds is 3. The Bertz CT molecular complexity index is 277. The van der Waals surface area contributed by atoms with Crippen molar-refractivity contribution >= 4 is 11.9 Å². The average Bonchev–Trinajstić information content (AvgIpc) is 2.25. The summed E-state index contributed by atoms with van der Waals surface area (Å²) in [5, 5.41) is 34.8. The van der Waals surface area contributed by atoms with E-state index in [-0.39, 0.29) is 35.9 Å². The fourth-order valence-corrected chi connectivity index (χ4v) is 2.33. The van der Waals surface area contributed by atoms with Gasteiger partial charge >= 0.3 is 11.9 Å². The van der Waals surface area contributed by atoms with Crippen LogP contribution in [0.1, 0.15) is 40.5 Å². The van der Waals surface area contributed by atoms with E-state index in [2.05, 4.69) is 0 Å². The molecule has 0 aromatic heterocycles. The zero-order valence-electron chi connectivity index (χ0n) is 11.2. The predicted molar refractivity (Wildman–Crippen MR) is 64.1 cm³/mol. The first-order chi connectivity index (χ1) is 7.94. The molecule has 1 aliphatic rings. The Balaban J connectivity index is 0.000000331. The first-order valence-electron chi connectivity index (χ1n) is 5.73. The quantitative estimate of drug-likeness (QED) is 0.595. The van der Waals surface area contributed by atoms with E-state index in [9.17, 15) is 19.8 Å². The number of aliphatic hydroxyl groups excluding tert-OH is 2. The van der Waals surface area contributed by atoms with Crippen LogP contribution < -0.4 is 0 Å². The van der Waals surface area contributed by atoms with Crippen molar-refractivity contribution in [2.24, 2.45) is 10.8 Å². The minimum absolute atomic E-state index is 0.296. The van der Waals surface area contributed by atoms with Crippen molar-refractivity contribution in [3.8, 4) is 0 Å². The Hall–Kier alpha value is -1.14. The van der Waals surface area contributed by atoms with Crippen molar-refractivity contribution in [1.29, 1.82) is 0 Å². The number of aliphatic hydroxyl groups is 2. The molecule has 0 heterocycles. The van der Waals surface area contributed by atoms with Gasteiger partial charge in [-0.1, -0.05) is 27.7 Å². The summed E-state index contributed by atoms with van der Waals surface area (Å²) in [5.41, 5.74) is -0.632. The largest absolute Gasteiger partial charge is 0.481 e. The topological polar surface area (TPSA) is 115 Å². The van der Waals surface area contributed by atoms with Gasteiger partial charge in [-0.3, -0.25) is 9.59 Å². The Morgan fingerprint density at radius 1 is 0.833 bits per heavy atom. The smallest absolute Gasteiger partial charge is 0.303 e. The molecule has 0 aromatic rings. The molecule has 0 aromatic carbocycles. The van der Waals surface area contributed by atoms with Crippen LogP contribution >= 0.6 is 0 Å². The molecular formula is C12H22O6. The van der Waals surface area contributed by atoms with Gasteiger partial charge in [0, 0.05) is 10.8 Å². The molecule has 0 atom stereocenters. The molecule has 0 unspecified atom stereocenters. The van der Waals surface area contributed by atoms with E-state index in [1.165, 1.54) is 0 Å². The third-order valence-corrected chi connectivity index (χ3v) is 3.37. The van der Waals surface area contributed by atoms with E-state index in [1.807, 2.05) is 27.7 Å². The lowest BCUT2D eigenvalue weighted by molar-refractivity contribution is -0.247. The van der Waals surface area contributed by atoms with Crippen LogP contribution in [0, 0.1) is 10.8 Å². The second kappa shape index (κ2) is 5.67. The second-order valence-corrected chi connectivity index (χ2v) is 5.74. The average molecular weight is 262 g/mol. The van der Waals surface area contributed by atoms with E-state index in [1.54, 1.807) is 0 Å². The number of carboxylic acids is 2. The lowest BCUT2D eigenvalue weighted by Crippen LogP contribution is -2.67. The summed E-state index contributed by atoms with van der Waals surface area (Å²) in [6, 6.07) is 0. The normalized spacial score (nSPS) is 27.4. The molecule has 1 fully saturated rings. The van der Waals surface area contributed by atoms with E-state index in [4.69, 9.17) is 10.2 Å². The summed E-state index contributed by atoms with van der Waals surface area (Å²) in [6.07, 6.45) is -1.35. The number of hydrogen-bond donors (Lipinski definition) is 4. The Morgan fingerprint density at radius 3 is 1.17 bits per heavy atom. The summed E-state index contributed by atoms with van der Waals surface area (Å²) in [7, 11) is 0. The van der Waals surface area contributed by atoms with E-state index < -0.39 is 11.9 Å². The highest BCUT2D eigenvalue weighted by Crippen LogP contribution is 2.53. The summed E-state index contributed by atoms with van der Waals surface area (Å²) < 4.78 is 0. The number of carboxylic acid groups (broad SMARTS) is 2. The van der Waals surface area contributed by atoms with Gasteiger partial charge in [0.2, 0.25) is 0 Å². The zero-order valence-corrected chi connectivity index (χ0v) is 11.2. The first kappa shape index (κ1) is 16.9. The molecule has 1 rings (SSSR count).